The molecule has 1 aromatic heterocycles. The van der Waals surface area contributed by atoms with Crippen molar-refractivity contribution in [1.29, 1.82) is 0 Å². The zero-order valence-electron chi connectivity index (χ0n) is 10.8. The molecule has 1 N–H and O–H groups in total. The number of H-pyrrole nitrogens is 1. The highest BCUT2D eigenvalue weighted by molar-refractivity contribution is 6.09. The van der Waals surface area contributed by atoms with Crippen molar-refractivity contribution < 1.29 is 9.59 Å². The molecule has 4 nitrogen and oxygen atoms in total. The fourth-order valence-electron chi connectivity index (χ4n) is 2.02. The van der Waals surface area contributed by atoms with Gasteiger partial charge in [0.1, 0.15) is 0 Å². The topological polar surface area (TPSA) is 53.2 Å². The number of amides is 1. The number of carbonyl (C=O) groups excluding carboxylic acids is 2. The van der Waals surface area contributed by atoms with E-state index in [1.54, 1.807) is 12.3 Å². The summed E-state index contributed by atoms with van der Waals surface area (Å²) in [7, 11) is 0. The second kappa shape index (κ2) is 5.52. The maximum atomic E-state index is 12.3. The van der Waals surface area contributed by atoms with Crippen LogP contribution in [0.25, 0.3) is 10.9 Å². The summed E-state index contributed by atoms with van der Waals surface area (Å²) >= 11 is 0. The minimum Gasteiger partial charge on any atom is -0.360 e. The number of fused-ring (bicyclic) bond motifs is 1. The van der Waals surface area contributed by atoms with Gasteiger partial charge in [-0.3, -0.25) is 9.59 Å². The van der Waals surface area contributed by atoms with Crippen molar-refractivity contribution in [2.24, 2.45) is 0 Å². The Morgan fingerprint density at radius 2 is 2.11 bits per heavy atom. The summed E-state index contributed by atoms with van der Waals surface area (Å²) in [6.07, 6.45) is 3.31. The standard InChI is InChI=1S/C15H16N2O2/c1-3-8-17(11(2)18)10-15(19)13-9-16-14-7-5-4-6-12(13)14/h3-7,9,16H,1,8,10H2,2H3. The lowest BCUT2D eigenvalue weighted by Crippen LogP contribution is -2.34. The first-order valence-electron chi connectivity index (χ1n) is 6.09. The third-order valence-corrected chi connectivity index (χ3v) is 3.02. The molecule has 19 heavy (non-hydrogen) atoms. The van der Waals surface area contributed by atoms with Crippen LogP contribution in [0, 0.1) is 0 Å². The van der Waals surface area contributed by atoms with Crippen molar-refractivity contribution in [2.75, 3.05) is 13.1 Å². The van der Waals surface area contributed by atoms with Crippen LogP contribution in [-0.2, 0) is 4.79 Å². The summed E-state index contributed by atoms with van der Waals surface area (Å²) in [5.74, 6) is -0.206. The third-order valence-electron chi connectivity index (χ3n) is 3.02. The second-order valence-electron chi connectivity index (χ2n) is 4.36. The van der Waals surface area contributed by atoms with Crippen molar-refractivity contribution in [1.82, 2.24) is 9.88 Å². The normalized spacial score (nSPS) is 10.4. The molecule has 1 amide bonds. The number of nitrogens with zero attached hydrogens (tertiary/aromatic N) is 1. The summed E-state index contributed by atoms with van der Waals surface area (Å²) < 4.78 is 0. The van der Waals surface area contributed by atoms with Gasteiger partial charge in [-0.2, -0.15) is 0 Å². The van der Waals surface area contributed by atoms with Crippen LogP contribution < -0.4 is 0 Å². The molecule has 0 saturated carbocycles. The van der Waals surface area contributed by atoms with E-state index in [4.69, 9.17) is 0 Å². The van der Waals surface area contributed by atoms with Gasteiger partial charge in [0.2, 0.25) is 5.91 Å². The van der Waals surface area contributed by atoms with Crippen LogP contribution in [0.4, 0.5) is 0 Å². The van der Waals surface area contributed by atoms with Gasteiger partial charge >= 0.3 is 0 Å². The number of carbonyl (C=O) groups is 2. The van der Waals surface area contributed by atoms with E-state index >= 15 is 0 Å². The van der Waals surface area contributed by atoms with Gasteiger partial charge in [-0.05, 0) is 6.07 Å². The molecule has 2 aromatic rings. The monoisotopic (exact) mass is 256 g/mol. The zero-order chi connectivity index (χ0) is 13.8. The SMILES string of the molecule is C=CCN(CC(=O)c1c[nH]c2ccccc12)C(C)=O. The number of rotatable bonds is 5. The van der Waals surface area contributed by atoms with Crippen LogP contribution in [0.3, 0.4) is 0 Å². The van der Waals surface area contributed by atoms with Gasteiger partial charge in [0.15, 0.2) is 5.78 Å². The molecule has 0 unspecified atom stereocenters. The Labute approximate surface area is 111 Å². The number of para-hydroxylation sites is 1. The van der Waals surface area contributed by atoms with Gasteiger partial charge in [0.05, 0.1) is 6.54 Å². The average Bonchev–Trinajstić information content (AvgIpc) is 2.81. The molecule has 0 aliphatic carbocycles. The van der Waals surface area contributed by atoms with Crippen LogP contribution in [0.2, 0.25) is 0 Å². The van der Waals surface area contributed by atoms with Crippen LogP contribution in [-0.4, -0.2) is 34.7 Å². The highest BCUT2D eigenvalue weighted by Gasteiger charge is 2.16. The molecule has 1 aromatic carbocycles. The highest BCUT2D eigenvalue weighted by atomic mass is 16.2. The summed E-state index contributed by atoms with van der Waals surface area (Å²) in [6.45, 7) is 5.49. The maximum absolute atomic E-state index is 12.3. The van der Waals surface area contributed by atoms with Crippen molar-refractivity contribution in [3.05, 3.63) is 48.7 Å². The van der Waals surface area contributed by atoms with E-state index in [9.17, 15) is 9.59 Å². The van der Waals surface area contributed by atoms with Crippen molar-refractivity contribution in [3.63, 3.8) is 0 Å². The lowest BCUT2D eigenvalue weighted by atomic mass is 10.1. The Morgan fingerprint density at radius 1 is 1.37 bits per heavy atom. The van der Waals surface area contributed by atoms with Gasteiger partial charge in [0, 0.05) is 36.1 Å². The molecular weight excluding hydrogens is 240 g/mol. The number of ketones is 1. The minimum absolute atomic E-state index is 0.0726. The summed E-state index contributed by atoms with van der Waals surface area (Å²) in [4.78, 5) is 28.2. The number of aromatic nitrogens is 1. The molecule has 0 bridgehead atoms. The van der Waals surface area contributed by atoms with Gasteiger partial charge < -0.3 is 9.88 Å². The number of aromatic amines is 1. The number of nitrogens with one attached hydrogen (secondary N) is 1. The summed E-state index contributed by atoms with van der Waals surface area (Å²) in [5, 5.41) is 0.884. The van der Waals surface area contributed by atoms with E-state index in [1.807, 2.05) is 24.3 Å². The number of Topliss-reactive ketones (excluding diaryl/α,β-unsaturated/α-hetero) is 1. The van der Waals surface area contributed by atoms with Gasteiger partial charge in [-0.15, -0.1) is 6.58 Å². The van der Waals surface area contributed by atoms with Gasteiger partial charge in [-0.25, -0.2) is 0 Å². The van der Waals surface area contributed by atoms with Crippen molar-refractivity contribution in [2.45, 2.75) is 6.92 Å². The molecule has 98 valence electrons. The molecule has 0 fully saturated rings. The van der Waals surface area contributed by atoms with Crippen LogP contribution in [0.15, 0.2) is 43.1 Å². The number of hydrogen-bond acceptors (Lipinski definition) is 2. The predicted octanol–water partition coefficient (Wildman–Crippen LogP) is 2.39. The lowest BCUT2D eigenvalue weighted by Gasteiger charge is -2.17. The first kappa shape index (κ1) is 13.1. The molecule has 4 heteroatoms. The van der Waals surface area contributed by atoms with E-state index in [-0.39, 0.29) is 18.2 Å². The molecule has 2 rings (SSSR count). The average molecular weight is 256 g/mol. The predicted molar refractivity (Wildman–Crippen MR) is 75.1 cm³/mol. The number of benzene rings is 1. The molecule has 1 heterocycles. The van der Waals surface area contributed by atoms with Gasteiger partial charge in [-0.1, -0.05) is 24.3 Å². The summed E-state index contributed by atoms with van der Waals surface area (Å²) in [5.41, 5.74) is 1.54. The Morgan fingerprint density at radius 3 is 2.79 bits per heavy atom. The van der Waals surface area contributed by atoms with E-state index in [0.29, 0.717) is 12.1 Å². The van der Waals surface area contributed by atoms with E-state index in [2.05, 4.69) is 11.6 Å². The zero-order valence-corrected chi connectivity index (χ0v) is 10.8. The van der Waals surface area contributed by atoms with E-state index < -0.39 is 0 Å². The largest absolute Gasteiger partial charge is 0.360 e. The first-order valence-corrected chi connectivity index (χ1v) is 6.09. The van der Waals surface area contributed by atoms with E-state index in [1.165, 1.54) is 11.8 Å². The lowest BCUT2D eigenvalue weighted by molar-refractivity contribution is -0.127. The second-order valence-corrected chi connectivity index (χ2v) is 4.36. The fraction of sp³-hybridized carbons (Fsp3) is 0.200. The Balaban J connectivity index is 2.24. The molecule has 0 aliphatic rings. The summed E-state index contributed by atoms with van der Waals surface area (Å²) in [6, 6.07) is 7.61. The Hall–Kier alpha value is -2.36. The van der Waals surface area contributed by atoms with Crippen molar-refractivity contribution in [3.8, 4) is 0 Å². The highest BCUT2D eigenvalue weighted by Crippen LogP contribution is 2.18. The minimum atomic E-state index is -0.131. The molecule has 0 saturated heterocycles. The molecular formula is C15H16N2O2. The van der Waals surface area contributed by atoms with E-state index in [0.717, 1.165) is 10.9 Å². The van der Waals surface area contributed by atoms with Crippen LogP contribution >= 0.6 is 0 Å². The van der Waals surface area contributed by atoms with Gasteiger partial charge in [0.25, 0.3) is 0 Å². The molecule has 0 atom stereocenters. The quantitative estimate of drug-likeness (QED) is 0.659. The Kier molecular flexibility index (Phi) is 3.80. The molecule has 0 radical (unpaired) electrons. The number of hydrogen-bond donors (Lipinski definition) is 1. The smallest absolute Gasteiger partial charge is 0.220 e. The maximum Gasteiger partial charge on any atom is 0.220 e. The van der Waals surface area contributed by atoms with Crippen LogP contribution in [0.5, 0.6) is 0 Å². The first-order chi connectivity index (χ1) is 9.13. The van der Waals surface area contributed by atoms with Crippen LogP contribution in [0.1, 0.15) is 17.3 Å². The molecule has 0 aliphatic heterocycles. The Bertz CT molecular complexity index is 628. The fourth-order valence-corrected chi connectivity index (χ4v) is 2.02. The van der Waals surface area contributed by atoms with Crippen molar-refractivity contribution >= 4 is 22.6 Å². The third kappa shape index (κ3) is 2.73. The molecule has 0 spiro atoms.